The lowest BCUT2D eigenvalue weighted by Gasteiger charge is -2.29. The van der Waals surface area contributed by atoms with Crippen molar-refractivity contribution in [3.63, 3.8) is 0 Å². The van der Waals surface area contributed by atoms with Gasteiger partial charge in [0.05, 0.1) is 6.10 Å². The maximum atomic E-state index is 12.8. The third-order valence-electron chi connectivity index (χ3n) is 2.46. The summed E-state index contributed by atoms with van der Waals surface area (Å²) in [6.07, 6.45) is -13.1. The molecule has 16 heavy (non-hydrogen) atoms. The van der Waals surface area contributed by atoms with Crippen molar-refractivity contribution in [1.29, 1.82) is 0 Å². The smallest absolute Gasteiger partial charge is 0.315 e. The van der Waals surface area contributed by atoms with E-state index in [9.17, 15) is 26.3 Å². The first-order valence-electron chi connectivity index (χ1n) is 5.00. The van der Waals surface area contributed by atoms with E-state index >= 15 is 0 Å². The van der Waals surface area contributed by atoms with Gasteiger partial charge >= 0.3 is 12.3 Å². The molecule has 1 saturated carbocycles. The molecular weight excluding hydrogens is 238 g/mol. The molecule has 0 saturated heterocycles. The van der Waals surface area contributed by atoms with Gasteiger partial charge in [0.15, 0.2) is 0 Å². The van der Waals surface area contributed by atoms with Crippen LogP contribution in [-0.2, 0) is 4.74 Å². The first-order chi connectivity index (χ1) is 7.23. The zero-order valence-corrected chi connectivity index (χ0v) is 8.37. The number of hydrogen-bond acceptors (Lipinski definition) is 1. The molecule has 0 aromatic carbocycles. The minimum atomic E-state index is -5.60. The van der Waals surface area contributed by atoms with Crippen molar-refractivity contribution < 1.29 is 31.1 Å². The molecule has 7 heteroatoms. The normalized spacial score (nSPS) is 22.1. The molecule has 0 aromatic heterocycles. The van der Waals surface area contributed by atoms with Crippen molar-refractivity contribution in [3.8, 4) is 0 Å². The van der Waals surface area contributed by atoms with Crippen LogP contribution in [0.1, 0.15) is 32.1 Å². The van der Waals surface area contributed by atoms with Crippen molar-refractivity contribution >= 4 is 0 Å². The number of halogens is 6. The number of rotatable bonds is 3. The molecule has 0 heterocycles. The second-order valence-electron chi connectivity index (χ2n) is 3.84. The lowest BCUT2D eigenvalue weighted by molar-refractivity contribution is -0.349. The van der Waals surface area contributed by atoms with E-state index in [1.807, 2.05) is 0 Å². The summed E-state index contributed by atoms with van der Waals surface area (Å²) >= 11 is 0. The molecule has 1 atom stereocenters. The van der Waals surface area contributed by atoms with Crippen LogP contribution in [0.5, 0.6) is 0 Å². The summed E-state index contributed by atoms with van der Waals surface area (Å²) < 4.78 is 77.2. The highest BCUT2D eigenvalue weighted by Crippen LogP contribution is 2.38. The molecular formula is C9H12F6O. The maximum Gasteiger partial charge on any atom is 0.428 e. The predicted molar refractivity (Wildman–Crippen MR) is 43.9 cm³/mol. The molecule has 1 nitrogen and oxygen atoms in total. The SMILES string of the molecule is FC(C(F)(F)F)C(F)(F)OC1CCCCC1. The van der Waals surface area contributed by atoms with Crippen LogP contribution in [-0.4, -0.2) is 24.6 Å². The van der Waals surface area contributed by atoms with Crippen LogP contribution in [0.3, 0.4) is 0 Å². The summed E-state index contributed by atoms with van der Waals surface area (Å²) in [5.41, 5.74) is 0. The van der Waals surface area contributed by atoms with Crippen molar-refractivity contribution in [2.45, 2.75) is 56.7 Å². The molecule has 0 aliphatic heterocycles. The van der Waals surface area contributed by atoms with Gasteiger partial charge in [-0.25, -0.2) is 4.39 Å². The Kier molecular flexibility index (Phi) is 4.09. The van der Waals surface area contributed by atoms with Crippen LogP contribution in [0, 0.1) is 0 Å². The monoisotopic (exact) mass is 250 g/mol. The van der Waals surface area contributed by atoms with Crippen molar-refractivity contribution in [3.05, 3.63) is 0 Å². The second kappa shape index (κ2) is 4.81. The Morgan fingerprint density at radius 2 is 1.44 bits per heavy atom. The molecule has 96 valence electrons. The van der Waals surface area contributed by atoms with Crippen LogP contribution in [0.25, 0.3) is 0 Å². The molecule has 0 amide bonds. The van der Waals surface area contributed by atoms with E-state index in [2.05, 4.69) is 4.74 Å². The van der Waals surface area contributed by atoms with Gasteiger partial charge < -0.3 is 4.74 Å². The fourth-order valence-electron chi connectivity index (χ4n) is 1.66. The van der Waals surface area contributed by atoms with Gasteiger partial charge in [0.1, 0.15) is 0 Å². The highest BCUT2D eigenvalue weighted by molar-refractivity contribution is 4.78. The van der Waals surface area contributed by atoms with Crippen molar-refractivity contribution in [2.75, 3.05) is 0 Å². The van der Waals surface area contributed by atoms with E-state index in [4.69, 9.17) is 0 Å². The van der Waals surface area contributed by atoms with Crippen LogP contribution in [0.2, 0.25) is 0 Å². The van der Waals surface area contributed by atoms with E-state index in [0.717, 1.165) is 6.42 Å². The Morgan fingerprint density at radius 1 is 0.938 bits per heavy atom. The number of alkyl halides is 6. The summed E-state index contributed by atoms with van der Waals surface area (Å²) in [7, 11) is 0. The first-order valence-corrected chi connectivity index (χ1v) is 5.00. The van der Waals surface area contributed by atoms with Gasteiger partial charge in [0.25, 0.3) is 6.17 Å². The Labute approximate surface area is 88.8 Å². The minimum Gasteiger partial charge on any atom is -0.315 e. The summed E-state index contributed by atoms with van der Waals surface area (Å²) in [5, 5.41) is 0. The number of ether oxygens (including phenoxy) is 1. The Morgan fingerprint density at radius 3 is 1.88 bits per heavy atom. The lowest BCUT2D eigenvalue weighted by atomic mass is 9.98. The molecule has 0 aromatic rings. The predicted octanol–water partition coefficient (Wildman–Crippen LogP) is 3.83. The van der Waals surface area contributed by atoms with Crippen molar-refractivity contribution in [2.24, 2.45) is 0 Å². The van der Waals surface area contributed by atoms with Gasteiger partial charge in [-0.05, 0) is 12.8 Å². The van der Waals surface area contributed by atoms with E-state index in [0.29, 0.717) is 12.8 Å². The van der Waals surface area contributed by atoms with Crippen LogP contribution < -0.4 is 0 Å². The van der Waals surface area contributed by atoms with E-state index in [-0.39, 0.29) is 12.8 Å². The molecule has 0 spiro atoms. The van der Waals surface area contributed by atoms with Crippen LogP contribution in [0.4, 0.5) is 26.3 Å². The lowest BCUT2D eigenvalue weighted by Crippen LogP contribution is -2.45. The average Bonchev–Trinajstić information content (AvgIpc) is 2.16. The largest absolute Gasteiger partial charge is 0.428 e. The second-order valence-corrected chi connectivity index (χ2v) is 3.84. The average molecular weight is 250 g/mol. The van der Waals surface area contributed by atoms with E-state index in [1.165, 1.54) is 0 Å². The van der Waals surface area contributed by atoms with Gasteiger partial charge in [-0.1, -0.05) is 19.3 Å². The quantitative estimate of drug-likeness (QED) is 0.692. The van der Waals surface area contributed by atoms with E-state index in [1.54, 1.807) is 0 Å². The van der Waals surface area contributed by atoms with Gasteiger partial charge in [0.2, 0.25) is 0 Å². The maximum absolute atomic E-state index is 12.8. The number of hydrogen-bond donors (Lipinski definition) is 0. The molecule has 0 N–H and O–H groups in total. The highest BCUT2D eigenvalue weighted by atomic mass is 19.4. The fourth-order valence-corrected chi connectivity index (χ4v) is 1.66. The highest BCUT2D eigenvalue weighted by Gasteiger charge is 2.58. The molecule has 0 radical (unpaired) electrons. The van der Waals surface area contributed by atoms with Crippen molar-refractivity contribution in [1.82, 2.24) is 0 Å². The van der Waals surface area contributed by atoms with Gasteiger partial charge in [0, 0.05) is 0 Å². The minimum absolute atomic E-state index is 0.250. The van der Waals surface area contributed by atoms with Crippen LogP contribution >= 0.6 is 0 Å². The third kappa shape index (κ3) is 3.54. The molecule has 1 unspecified atom stereocenters. The summed E-state index contributed by atoms with van der Waals surface area (Å²) in [6.45, 7) is 0. The topological polar surface area (TPSA) is 9.23 Å². The molecule has 1 rings (SSSR count). The molecule has 1 aliphatic carbocycles. The Bertz CT molecular complexity index is 221. The first kappa shape index (κ1) is 13.6. The summed E-state index contributed by atoms with van der Waals surface area (Å²) in [6, 6.07) is 0. The van der Waals surface area contributed by atoms with Gasteiger partial charge in [-0.3, -0.25) is 0 Å². The summed E-state index contributed by atoms with van der Waals surface area (Å²) in [5.74, 6) is 0. The zero-order valence-electron chi connectivity index (χ0n) is 8.37. The zero-order chi connectivity index (χ0) is 12.4. The summed E-state index contributed by atoms with van der Waals surface area (Å²) in [4.78, 5) is 0. The standard InChI is InChI=1S/C9H12F6O/c10-7(8(11,12)13)9(14,15)16-6-4-2-1-3-5-6/h6-7H,1-5H2. The third-order valence-corrected chi connectivity index (χ3v) is 2.46. The fraction of sp³-hybridized carbons (Fsp3) is 1.00. The van der Waals surface area contributed by atoms with Crippen LogP contribution in [0.15, 0.2) is 0 Å². The molecule has 1 fully saturated rings. The Balaban J connectivity index is 2.55. The Hall–Kier alpha value is -0.460. The van der Waals surface area contributed by atoms with E-state index < -0.39 is 24.6 Å². The molecule has 1 aliphatic rings. The van der Waals surface area contributed by atoms with Gasteiger partial charge in [-0.15, -0.1) is 0 Å². The molecule has 0 bridgehead atoms. The van der Waals surface area contributed by atoms with Gasteiger partial charge in [-0.2, -0.15) is 22.0 Å².